The summed E-state index contributed by atoms with van der Waals surface area (Å²) < 4.78 is 15.9. The molecule has 0 aliphatic rings. The zero-order chi connectivity index (χ0) is 21.3. The molecule has 3 aromatic rings. The molecule has 1 aromatic heterocycles. The fraction of sp³-hybridized carbons (Fsp3) is 0.130. The van der Waals surface area contributed by atoms with E-state index in [1.807, 2.05) is 6.07 Å². The van der Waals surface area contributed by atoms with Gasteiger partial charge in [0.25, 0.3) is 11.8 Å². The van der Waals surface area contributed by atoms with E-state index in [1.165, 1.54) is 13.4 Å². The Morgan fingerprint density at radius 1 is 1.07 bits per heavy atom. The van der Waals surface area contributed by atoms with Crippen molar-refractivity contribution >= 4 is 17.5 Å². The SMILES string of the molecule is C=CCOc1ccc(C(=O)NCc2cccc(NC(=O)c3ccco3)c2)cc1OC. The van der Waals surface area contributed by atoms with Crippen LogP contribution in [-0.2, 0) is 6.54 Å². The lowest BCUT2D eigenvalue weighted by Crippen LogP contribution is -2.23. The van der Waals surface area contributed by atoms with Crippen molar-refractivity contribution in [3.05, 3.63) is 90.4 Å². The van der Waals surface area contributed by atoms with Crippen LogP contribution in [0.2, 0.25) is 0 Å². The maximum atomic E-state index is 12.5. The van der Waals surface area contributed by atoms with Crippen LogP contribution in [0.4, 0.5) is 5.69 Å². The number of nitrogens with one attached hydrogen (secondary N) is 2. The number of hydrogen-bond donors (Lipinski definition) is 2. The third kappa shape index (κ3) is 5.29. The topological polar surface area (TPSA) is 89.8 Å². The molecule has 30 heavy (non-hydrogen) atoms. The molecule has 0 fully saturated rings. The van der Waals surface area contributed by atoms with Crippen molar-refractivity contribution in [2.75, 3.05) is 19.0 Å². The van der Waals surface area contributed by atoms with Crippen LogP contribution < -0.4 is 20.1 Å². The molecule has 3 rings (SSSR count). The molecule has 0 saturated heterocycles. The summed E-state index contributed by atoms with van der Waals surface area (Å²) in [5.74, 6) is 0.630. The molecule has 154 valence electrons. The molecule has 0 aliphatic heterocycles. The number of furan rings is 1. The summed E-state index contributed by atoms with van der Waals surface area (Å²) in [6, 6.07) is 15.4. The quantitative estimate of drug-likeness (QED) is 0.524. The summed E-state index contributed by atoms with van der Waals surface area (Å²) in [5, 5.41) is 5.61. The van der Waals surface area contributed by atoms with E-state index in [4.69, 9.17) is 13.9 Å². The van der Waals surface area contributed by atoms with E-state index >= 15 is 0 Å². The van der Waals surface area contributed by atoms with Gasteiger partial charge >= 0.3 is 0 Å². The maximum absolute atomic E-state index is 12.5. The van der Waals surface area contributed by atoms with Gasteiger partial charge in [-0.25, -0.2) is 0 Å². The van der Waals surface area contributed by atoms with Crippen molar-refractivity contribution in [3.63, 3.8) is 0 Å². The Morgan fingerprint density at radius 3 is 2.67 bits per heavy atom. The van der Waals surface area contributed by atoms with Gasteiger partial charge in [-0.05, 0) is 48.0 Å². The second kappa shape index (κ2) is 9.97. The highest BCUT2D eigenvalue weighted by atomic mass is 16.5. The molecule has 0 aliphatic carbocycles. The second-order valence-electron chi connectivity index (χ2n) is 6.28. The smallest absolute Gasteiger partial charge is 0.291 e. The van der Waals surface area contributed by atoms with Gasteiger partial charge in [-0.15, -0.1) is 0 Å². The number of carbonyl (C=O) groups excluding carboxylic acids is 2. The molecule has 0 unspecified atom stereocenters. The van der Waals surface area contributed by atoms with Crippen LogP contribution in [0.15, 0.2) is 77.9 Å². The van der Waals surface area contributed by atoms with Crippen molar-refractivity contribution < 1.29 is 23.5 Å². The van der Waals surface area contributed by atoms with Gasteiger partial charge in [-0.1, -0.05) is 24.8 Å². The first-order valence-electron chi connectivity index (χ1n) is 9.24. The third-order valence-electron chi connectivity index (χ3n) is 4.17. The first-order valence-corrected chi connectivity index (χ1v) is 9.24. The summed E-state index contributed by atoms with van der Waals surface area (Å²) in [5.41, 5.74) is 1.88. The van der Waals surface area contributed by atoms with E-state index in [0.717, 1.165) is 5.56 Å². The maximum Gasteiger partial charge on any atom is 0.291 e. The van der Waals surface area contributed by atoms with Crippen LogP contribution in [0, 0.1) is 0 Å². The first kappa shape index (κ1) is 20.7. The number of amides is 2. The molecule has 0 radical (unpaired) electrons. The number of benzene rings is 2. The molecular formula is C23H22N2O5. The average Bonchev–Trinajstić information content (AvgIpc) is 3.31. The Balaban J connectivity index is 1.62. The highest BCUT2D eigenvalue weighted by Gasteiger charge is 2.12. The minimum atomic E-state index is -0.341. The molecular weight excluding hydrogens is 384 g/mol. The molecule has 2 amide bonds. The molecule has 0 bridgehead atoms. The minimum absolute atomic E-state index is 0.225. The number of rotatable bonds is 9. The monoisotopic (exact) mass is 406 g/mol. The van der Waals surface area contributed by atoms with E-state index in [0.29, 0.717) is 35.9 Å². The molecule has 2 N–H and O–H groups in total. The van der Waals surface area contributed by atoms with Crippen LogP contribution in [0.3, 0.4) is 0 Å². The fourth-order valence-electron chi connectivity index (χ4n) is 2.72. The van der Waals surface area contributed by atoms with Crippen molar-refractivity contribution in [2.45, 2.75) is 6.54 Å². The Morgan fingerprint density at radius 2 is 1.93 bits per heavy atom. The van der Waals surface area contributed by atoms with Crippen LogP contribution in [-0.4, -0.2) is 25.5 Å². The van der Waals surface area contributed by atoms with E-state index in [9.17, 15) is 9.59 Å². The highest BCUT2D eigenvalue weighted by Crippen LogP contribution is 2.28. The summed E-state index contributed by atoms with van der Waals surface area (Å²) >= 11 is 0. The molecule has 7 heteroatoms. The van der Waals surface area contributed by atoms with Gasteiger partial charge in [0.05, 0.1) is 13.4 Å². The van der Waals surface area contributed by atoms with Crippen LogP contribution >= 0.6 is 0 Å². The van der Waals surface area contributed by atoms with E-state index in [2.05, 4.69) is 17.2 Å². The Labute approximate surface area is 174 Å². The van der Waals surface area contributed by atoms with E-state index in [-0.39, 0.29) is 17.6 Å². The Bertz CT molecular complexity index is 1030. The highest BCUT2D eigenvalue weighted by molar-refractivity contribution is 6.02. The molecule has 0 atom stereocenters. The average molecular weight is 406 g/mol. The normalized spacial score (nSPS) is 10.2. The van der Waals surface area contributed by atoms with Crippen LogP contribution in [0.5, 0.6) is 11.5 Å². The van der Waals surface area contributed by atoms with Crippen LogP contribution in [0.25, 0.3) is 0 Å². The molecule has 0 saturated carbocycles. The van der Waals surface area contributed by atoms with Gasteiger partial charge in [0.2, 0.25) is 0 Å². The van der Waals surface area contributed by atoms with E-state index < -0.39 is 0 Å². The number of hydrogen-bond acceptors (Lipinski definition) is 5. The predicted molar refractivity (Wildman–Crippen MR) is 113 cm³/mol. The second-order valence-corrected chi connectivity index (χ2v) is 6.28. The molecule has 7 nitrogen and oxygen atoms in total. The zero-order valence-electron chi connectivity index (χ0n) is 16.5. The number of ether oxygens (including phenoxy) is 2. The predicted octanol–water partition coefficient (Wildman–Crippen LogP) is 4.04. The largest absolute Gasteiger partial charge is 0.493 e. The summed E-state index contributed by atoms with van der Waals surface area (Å²) in [6.45, 7) is 4.24. The van der Waals surface area contributed by atoms with Crippen molar-refractivity contribution in [3.8, 4) is 11.5 Å². The molecule has 2 aromatic carbocycles. The molecule has 1 heterocycles. The molecule has 0 spiro atoms. The summed E-state index contributed by atoms with van der Waals surface area (Å²) in [6.07, 6.45) is 3.07. The van der Waals surface area contributed by atoms with Gasteiger partial charge in [0.15, 0.2) is 17.3 Å². The lowest BCUT2D eigenvalue weighted by atomic mass is 10.1. The van der Waals surface area contributed by atoms with Crippen molar-refractivity contribution in [1.82, 2.24) is 5.32 Å². The summed E-state index contributed by atoms with van der Waals surface area (Å²) in [7, 11) is 1.51. The zero-order valence-corrected chi connectivity index (χ0v) is 16.5. The van der Waals surface area contributed by atoms with Gasteiger partial charge in [0.1, 0.15) is 6.61 Å². The van der Waals surface area contributed by atoms with E-state index in [1.54, 1.807) is 54.6 Å². The van der Waals surface area contributed by atoms with Crippen LogP contribution in [0.1, 0.15) is 26.5 Å². The first-order chi connectivity index (χ1) is 14.6. The third-order valence-corrected chi connectivity index (χ3v) is 4.17. The fourth-order valence-corrected chi connectivity index (χ4v) is 2.72. The van der Waals surface area contributed by atoms with Crippen molar-refractivity contribution in [2.24, 2.45) is 0 Å². The minimum Gasteiger partial charge on any atom is -0.493 e. The van der Waals surface area contributed by atoms with Gasteiger partial charge in [-0.2, -0.15) is 0 Å². The van der Waals surface area contributed by atoms with Gasteiger partial charge < -0.3 is 24.5 Å². The van der Waals surface area contributed by atoms with Gasteiger partial charge in [0, 0.05) is 17.8 Å². The number of carbonyl (C=O) groups is 2. The Kier molecular flexibility index (Phi) is 6.89. The lowest BCUT2D eigenvalue weighted by Gasteiger charge is -2.12. The lowest BCUT2D eigenvalue weighted by molar-refractivity contribution is 0.0949. The van der Waals surface area contributed by atoms with Gasteiger partial charge in [-0.3, -0.25) is 9.59 Å². The number of methoxy groups -OCH3 is 1. The Hall–Kier alpha value is -4.00. The van der Waals surface area contributed by atoms with Crippen molar-refractivity contribution in [1.29, 1.82) is 0 Å². The summed E-state index contributed by atoms with van der Waals surface area (Å²) in [4.78, 5) is 24.6. The number of anilines is 1. The standard InChI is InChI=1S/C23H22N2O5/c1-3-11-29-19-10-9-17(14-21(19)28-2)22(26)24-15-16-6-4-7-18(13-16)25-23(27)20-8-5-12-30-20/h3-10,12-14H,1,11,15H2,2H3,(H,24,26)(H,25,27).